The zero-order valence-corrected chi connectivity index (χ0v) is 13.2. The van der Waals surface area contributed by atoms with Crippen LogP contribution in [0.4, 0.5) is 0 Å². The molecule has 0 aliphatic heterocycles. The molecule has 0 unspecified atom stereocenters. The van der Waals surface area contributed by atoms with E-state index in [9.17, 15) is 4.79 Å². The van der Waals surface area contributed by atoms with Crippen LogP contribution in [0.1, 0.15) is 48.5 Å². The number of hydrogen-bond donors (Lipinski definition) is 0. The van der Waals surface area contributed by atoms with Crippen LogP contribution in [0.5, 0.6) is 0 Å². The van der Waals surface area contributed by atoms with Gasteiger partial charge in [0.15, 0.2) is 5.82 Å². The third-order valence-corrected chi connectivity index (χ3v) is 3.43. The van der Waals surface area contributed by atoms with Crippen LogP contribution in [0.3, 0.4) is 0 Å². The Balaban J connectivity index is 1.91. The summed E-state index contributed by atoms with van der Waals surface area (Å²) < 4.78 is 5.22. The van der Waals surface area contributed by atoms with Crippen LogP contribution in [0, 0.1) is 6.92 Å². The molecular weight excluding hydrogens is 276 g/mol. The zero-order chi connectivity index (χ0) is 15.8. The SMILES string of the molecule is CCCCCCOC(=O)c1cnc(-c2ccc(C)cc2)nc1. The van der Waals surface area contributed by atoms with E-state index in [1.54, 1.807) is 0 Å². The molecule has 0 fully saturated rings. The minimum atomic E-state index is -0.355. The van der Waals surface area contributed by atoms with E-state index >= 15 is 0 Å². The van der Waals surface area contributed by atoms with Gasteiger partial charge in [0.05, 0.1) is 12.2 Å². The first-order valence-corrected chi connectivity index (χ1v) is 7.77. The van der Waals surface area contributed by atoms with Crippen molar-refractivity contribution in [3.63, 3.8) is 0 Å². The summed E-state index contributed by atoms with van der Waals surface area (Å²) >= 11 is 0. The average Bonchev–Trinajstić information content (AvgIpc) is 2.55. The molecule has 116 valence electrons. The molecule has 2 rings (SSSR count). The van der Waals surface area contributed by atoms with Crippen LogP contribution in [0.25, 0.3) is 11.4 Å². The molecule has 0 atom stereocenters. The van der Waals surface area contributed by atoms with Crippen molar-refractivity contribution in [3.05, 3.63) is 47.8 Å². The maximum Gasteiger partial charge on any atom is 0.341 e. The van der Waals surface area contributed by atoms with E-state index in [1.165, 1.54) is 30.8 Å². The highest BCUT2D eigenvalue weighted by Crippen LogP contribution is 2.15. The number of carbonyl (C=O) groups excluding carboxylic acids is 1. The summed E-state index contributed by atoms with van der Waals surface area (Å²) in [4.78, 5) is 20.4. The summed E-state index contributed by atoms with van der Waals surface area (Å²) in [7, 11) is 0. The van der Waals surface area contributed by atoms with Gasteiger partial charge in [0, 0.05) is 18.0 Å². The van der Waals surface area contributed by atoms with E-state index in [2.05, 4.69) is 16.9 Å². The largest absolute Gasteiger partial charge is 0.462 e. The molecule has 0 aliphatic carbocycles. The fourth-order valence-corrected chi connectivity index (χ4v) is 2.06. The van der Waals surface area contributed by atoms with Crippen LogP contribution in [0.2, 0.25) is 0 Å². The molecule has 0 amide bonds. The van der Waals surface area contributed by atoms with E-state index in [0.717, 1.165) is 18.4 Å². The number of carbonyl (C=O) groups is 1. The van der Waals surface area contributed by atoms with E-state index in [1.807, 2.05) is 31.2 Å². The van der Waals surface area contributed by atoms with E-state index in [4.69, 9.17) is 4.74 Å². The smallest absolute Gasteiger partial charge is 0.341 e. The molecule has 0 bridgehead atoms. The van der Waals surface area contributed by atoms with Gasteiger partial charge >= 0.3 is 5.97 Å². The number of esters is 1. The number of ether oxygens (including phenoxy) is 1. The number of aromatic nitrogens is 2. The highest BCUT2D eigenvalue weighted by atomic mass is 16.5. The molecule has 0 saturated carbocycles. The summed E-state index contributed by atoms with van der Waals surface area (Å²) in [5.41, 5.74) is 2.52. The Hall–Kier alpha value is -2.23. The summed E-state index contributed by atoms with van der Waals surface area (Å²) in [5.74, 6) is 0.256. The van der Waals surface area contributed by atoms with Crippen molar-refractivity contribution in [2.24, 2.45) is 0 Å². The molecule has 0 spiro atoms. The Bertz CT molecular complexity index is 591. The van der Waals surface area contributed by atoms with Gasteiger partial charge in [-0.25, -0.2) is 14.8 Å². The number of hydrogen-bond acceptors (Lipinski definition) is 4. The summed E-state index contributed by atoms with van der Waals surface area (Å²) in [6.07, 6.45) is 7.38. The molecule has 0 N–H and O–H groups in total. The second kappa shape index (κ2) is 8.27. The van der Waals surface area contributed by atoms with Gasteiger partial charge in [-0.3, -0.25) is 0 Å². The lowest BCUT2D eigenvalue weighted by Gasteiger charge is -2.05. The van der Waals surface area contributed by atoms with Crippen molar-refractivity contribution in [2.75, 3.05) is 6.61 Å². The monoisotopic (exact) mass is 298 g/mol. The predicted octanol–water partition coefficient (Wildman–Crippen LogP) is 4.19. The Morgan fingerprint density at radius 1 is 1.05 bits per heavy atom. The standard InChI is InChI=1S/C18H22N2O2/c1-3-4-5-6-11-22-18(21)16-12-19-17(20-13-16)15-9-7-14(2)8-10-15/h7-10,12-13H,3-6,11H2,1-2H3. The lowest BCUT2D eigenvalue weighted by molar-refractivity contribution is 0.0497. The number of aryl methyl sites for hydroxylation is 1. The van der Waals surface area contributed by atoms with Gasteiger partial charge in [0.2, 0.25) is 0 Å². The number of nitrogens with zero attached hydrogens (tertiary/aromatic N) is 2. The van der Waals surface area contributed by atoms with Gasteiger partial charge in [-0.1, -0.05) is 56.0 Å². The molecule has 22 heavy (non-hydrogen) atoms. The topological polar surface area (TPSA) is 52.1 Å². The Kier molecular flexibility index (Phi) is 6.07. The molecule has 0 aliphatic rings. The zero-order valence-electron chi connectivity index (χ0n) is 13.2. The highest BCUT2D eigenvalue weighted by Gasteiger charge is 2.09. The number of rotatable bonds is 7. The Labute approximate surface area is 131 Å². The minimum Gasteiger partial charge on any atom is -0.462 e. The van der Waals surface area contributed by atoms with Crippen LogP contribution in [-0.4, -0.2) is 22.5 Å². The van der Waals surface area contributed by atoms with Gasteiger partial charge in [0.1, 0.15) is 0 Å². The van der Waals surface area contributed by atoms with Crippen LogP contribution in [-0.2, 0) is 4.74 Å². The molecule has 1 aromatic carbocycles. The van der Waals surface area contributed by atoms with E-state index < -0.39 is 0 Å². The second-order valence-corrected chi connectivity index (χ2v) is 5.36. The van der Waals surface area contributed by atoms with E-state index in [-0.39, 0.29) is 5.97 Å². The molecule has 2 aromatic rings. The highest BCUT2D eigenvalue weighted by molar-refractivity contribution is 5.88. The fourth-order valence-electron chi connectivity index (χ4n) is 2.06. The number of unbranched alkanes of at least 4 members (excludes halogenated alkanes) is 3. The van der Waals surface area contributed by atoms with Gasteiger partial charge < -0.3 is 4.74 Å². The van der Waals surface area contributed by atoms with Crippen molar-refractivity contribution < 1.29 is 9.53 Å². The summed E-state index contributed by atoms with van der Waals surface area (Å²) in [6.45, 7) is 4.64. The summed E-state index contributed by atoms with van der Waals surface area (Å²) in [6, 6.07) is 7.96. The third-order valence-electron chi connectivity index (χ3n) is 3.43. The maximum absolute atomic E-state index is 11.9. The normalized spacial score (nSPS) is 10.5. The Morgan fingerprint density at radius 2 is 1.73 bits per heavy atom. The van der Waals surface area contributed by atoms with Crippen molar-refractivity contribution in [3.8, 4) is 11.4 Å². The summed E-state index contributed by atoms with van der Waals surface area (Å²) in [5, 5.41) is 0. The van der Waals surface area contributed by atoms with Gasteiger partial charge in [-0.15, -0.1) is 0 Å². The first-order valence-electron chi connectivity index (χ1n) is 7.77. The average molecular weight is 298 g/mol. The molecule has 0 saturated heterocycles. The van der Waals surface area contributed by atoms with Crippen molar-refractivity contribution in [1.29, 1.82) is 0 Å². The van der Waals surface area contributed by atoms with Crippen LogP contribution >= 0.6 is 0 Å². The second-order valence-electron chi connectivity index (χ2n) is 5.36. The van der Waals surface area contributed by atoms with Crippen LogP contribution in [0.15, 0.2) is 36.7 Å². The number of benzene rings is 1. The van der Waals surface area contributed by atoms with E-state index in [0.29, 0.717) is 18.0 Å². The van der Waals surface area contributed by atoms with Gasteiger partial charge in [0.25, 0.3) is 0 Å². The van der Waals surface area contributed by atoms with Crippen LogP contribution < -0.4 is 0 Å². The maximum atomic E-state index is 11.9. The lowest BCUT2D eigenvalue weighted by Crippen LogP contribution is -2.07. The molecule has 1 aromatic heterocycles. The molecule has 0 radical (unpaired) electrons. The molecule has 1 heterocycles. The van der Waals surface area contributed by atoms with Gasteiger partial charge in [-0.2, -0.15) is 0 Å². The minimum absolute atomic E-state index is 0.355. The fraction of sp³-hybridized carbons (Fsp3) is 0.389. The lowest BCUT2D eigenvalue weighted by atomic mass is 10.1. The van der Waals surface area contributed by atoms with Crippen molar-refractivity contribution in [1.82, 2.24) is 9.97 Å². The quantitative estimate of drug-likeness (QED) is 0.568. The van der Waals surface area contributed by atoms with Crippen molar-refractivity contribution >= 4 is 5.97 Å². The molecular formula is C18H22N2O2. The first-order chi connectivity index (χ1) is 10.7. The third kappa shape index (κ3) is 4.65. The predicted molar refractivity (Wildman–Crippen MR) is 86.6 cm³/mol. The first kappa shape index (κ1) is 16.1. The van der Waals surface area contributed by atoms with Gasteiger partial charge in [-0.05, 0) is 13.3 Å². The van der Waals surface area contributed by atoms with Crippen molar-refractivity contribution in [2.45, 2.75) is 39.5 Å². The molecule has 4 heteroatoms. The Morgan fingerprint density at radius 3 is 2.36 bits per heavy atom. The molecule has 4 nitrogen and oxygen atoms in total.